The van der Waals surface area contributed by atoms with Crippen molar-refractivity contribution < 1.29 is 19.3 Å². The molecule has 1 fully saturated rings. The molecule has 0 bridgehead atoms. The highest BCUT2D eigenvalue weighted by Gasteiger charge is 2.55. The zero-order valence-corrected chi connectivity index (χ0v) is 34.9. The number of aromatic amines is 1. The molecule has 0 amide bonds. The zero-order chi connectivity index (χ0) is 43.4. The maximum Gasteiger partial charge on any atom is 0.278 e. The molecule has 9 heteroatoms. The third kappa shape index (κ3) is 7.44. The Bertz CT molecular complexity index is 2760. The summed E-state index contributed by atoms with van der Waals surface area (Å²) in [7, 11) is 0. The van der Waals surface area contributed by atoms with Crippen molar-refractivity contribution in [2.24, 2.45) is 0 Å². The highest BCUT2D eigenvalue weighted by molar-refractivity contribution is 5.69. The topological polar surface area (TPSA) is 111 Å². The number of aliphatic hydroxyl groups is 1. The molecular formula is C55H46N4O5. The molecule has 9 aromatic rings. The predicted molar refractivity (Wildman–Crippen MR) is 246 cm³/mol. The Balaban J connectivity index is 1.22. The van der Waals surface area contributed by atoms with Crippen molar-refractivity contribution in [1.29, 1.82) is 0 Å². The Kier molecular flexibility index (Phi) is 11.4. The number of nitrogens with one attached hydrogen (secondary N) is 1. The molecule has 1 aliphatic heterocycles. The van der Waals surface area contributed by atoms with Crippen LogP contribution < -0.4 is 5.56 Å². The van der Waals surface area contributed by atoms with E-state index in [-0.39, 0.29) is 11.2 Å². The first-order valence-electron chi connectivity index (χ1n) is 21.5. The summed E-state index contributed by atoms with van der Waals surface area (Å²) in [6.07, 6.45) is -2.05. The molecule has 7 aromatic carbocycles. The average Bonchev–Trinajstić information content (AvgIpc) is 3.94. The Morgan fingerprint density at radius 3 is 1.42 bits per heavy atom. The molecule has 10 rings (SSSR count). The van der Waals surface area contributed by atoms with Crippen LogP contribution in [0.15, 0.2) is 230 Å². The number of imidazole rings is 1. The van der Waals surface area contributed by atoms with Crippen LogP contribution in [0.4, 0.5) is 0 Å². The predicted octanol–water partition coefficient (Wildman–Crippen LogP) is 9.38. The molecular weight excluding hydrogens is 797 g/mol. The number of hydrogen-bond donors (Lipinski definition) is 2. The minimum absolute atomic E-state index is 0.125. The first-order valence-corrected chi connectivity index (χ1v) is 21.5. The normalized spacial score (nSPS) is 18.2. The van der Waals surface area contributed by atoms with Crippen LogP contribution in [0.25, 0.3) is 11.2 Å². The van der Waals surface area contributed by atoms with Crippen LogP contribution in [-0.4, -0.2) is 49.0 Å². The summed E-state index contributed by atoms with van der Waals surface area (Å²) in [6, 6.07) is 71.1. The number of aromatic nitrogens is 4. The molecule has 316 valence electrons. The summed E-state index contributed by atoms with van der Waals surface area (Å²) < 4.78 is 24.7. The third-order valence-electron chi connectivity index (χ3n) is 12.3. The van der Waals surface area contributed by atoms with Gasteiger partial charge in [-0.3, -0.25) is 9.36 Å². The van der Waals surface area contributed by atoms with Crippen molar-refractivity contribution in [2.45, 2.75) is 48.3 Å². The number of ether oxygens (including phenoxy) is 3. The van der Waals surface area contributed by atoms with Crippen LogP contribution in [0.2, 0.25) is 0 Å². The lowest BCUT2D eigenvalue weighted by Crippen LogP contribution is -2.51. The molecule has 0 aliphatic carbocycles. The number of fused-ring (bicyclic) bond motifs is 1. The Morgan fingerprint density at radius 2 is 0.984 bits per heavy atom. The van der Waals surface area contributed by atoms with Gasteiger partial charge >= 0.3 is 0 Å². The number of aliphatic hydroxyl groups excluding tert-OH is 1. The molecule has 0 saturated carbocycles. The Labute approximate surface area is 371 Å². The second-order valence-corrected chi connectivity index (χ2v) is 16.0. The van der Waals surface area contributed by atoms with E-state index < -0.39 is 47.4 Å². The second kappa shape index (κ2) is 17.8. The van der Waals surface area contributed by atoms with Crippen molar-refractivity contribution in [3.8, 4) is 0 Å². The van der Waals surface area contributed by atoms with Gasteiger partial charge < -0.3 is 24.3 Å². The molecule has 9 nitrogen and oxygen atoms in total. The van der Waals surface area contributed by atoms with Crippen LogP contribution in [-0.2, 0) is 31.8 Å². The average molecular weight is 843 g/mol. The number of nitrogens with zero attached hydrogens (tertiary/aromatic N) is 3. The van der Waals surface area contributed by atoms with Crippen molar-refractivity contribution in [3.05, 3.63) is 274 Å². The molecule has 0 radical (unpaired) electrons. The summed E-state index contributed by atoms with van der Waals surface area (Å²) in [5.41, 5.74) is 3.86. The van der Waals surface area contributed by atoms with E-state index in [0.29, 0.717) is 6.42 Å². The van der Waals surface area contributed by atoms with E-state index in [2.05, 4.69) is 99.9 Å². The van der Waals surface area contributed by atoms with E-state index >= 15 is 0 Å². The smallest absolute Gasteiger partial charge is 0.278 e. The number of rotatable bonds is 14. The van der Waals surface area contributed by atoms with Crippen molar-refractivity contribution in [3.63, 3.8) is 0 Å². The number of H-pyrrole nitrogens is 1. The molecule has 2 aromatic heterocycles. The maximum atomic E-state index is 13.1. The summed E-state index contributed by atoms with van der Waals surface area (Å²) in [5.74, 6) is 0. The fraction of sp³-hybridized carbons (Fsp3) is 0.145. The highest BCUT2D eigenvalue weighted by atomic mass is 16.6. The molecule has 3 heterocycles. The van der Waals surface area contributed by atoms with E-state index in [0.717, 1.165) is 38.9 Å². The molecule has 1 unspecified atom stereocenters. The fourth-order valence-electron chi connectivity index (χ4n) is 9.34. The largest absolute Gasteiger partial charge is 0.386 e. The van der Waals surface area contributed by atoms with Crippen LogP contribution in [0.5, 0.6) is 0 Å². The Morgan fingerprint density at radius 1 is 0.578 bits per heavy atom. The number of hydrogen-bond acceptors (Lipinski definition) is 7. The van der Waals surface area contributed by atoms with Gasteiger partial charge in [-0.15, -0.1) is 0 Å². The SMILES string of the molecule is O=c1[nH]cnc2c1ncn2[C@@H]1O[C@H](C(Cc2ccccc2)OC(c2ccccc2)(c2ccccc2)c2ccccc2)[C@@H](OC(c2ccccc2)(c2ccccc2)c2ccccc2)[C@H]1O. The highest BCUT2D eigenvalue weighted by Crippen LogP contribution is 2.49. The van der Waals surface area contributed by atoms with E-state index in [1.807, 2.05) is 127 Å². The summed E-state index contributed by atoms with van der Waals surface area (Å²) in [5, 5.41) is 13.1. The van der Waals surface area contributed by atoms with Crippen molar-refractivity contribution >= 4 is 11.2 Å². The first-order chi connectivity index (χ1) is 31.6. The quantitative estimate of drug-likeness (QED) is 0.105. The van der Waals surface area contributed by atoms with Gasteiger partial charge in [-0.1, -0.05) is 212 Å². The lowest BCUT2D eigenvalue weighted by atomic mass is 9.79. The molecule has 1 saturated heterocycles. The maximum absolute atomic E-state index is 13.1. The van der Waals surface area contributed by atoms with E-state index in [4.69, 9.17) is 14.2 Å². The minimum atomic E-state index is -1.33. The molecule has 5 atom stereocenters. The molecule has 2 N–H and O–H groups in total. The van der Waals surface area contributed by atoms with Gasteiger partial charge in [0.25, 0.3) is 5.56 Å². The van der Waals surface area contributed by atoms with Crippen LogP contribution in [0, 0.1) is 0 Å². The standard InChI is InChI=1S/C55H46N4O5/c60-48-50(64-55(43-30-16-5-17-31-43,44-32-18-6-19-33-44)45-34-20-7-21-35-45)49(62-53(48)59-38-58-47-51(59)56-37-57-52(47)61)46(36-39-22-8-1-9-23-39)63-54(40-24-10-2-11-25-40,41-26-12-3-13-27-41)42-28-14-4-15-29-42/h1-35,37-38,46,48-50,53,60H,36H2,(H,56,57,61)/t46?,48-,49-,50+,53-/m1/s1. The Hall–Kier alpha value is -7.27. The molecule has 0 spiro atoms. The van der Waals surface area contributed by atoms with Gasteiger partial charge in [-0.05, 0) is 38.9 Å². The van der Waals surface area contributed by atoms with E-state index in [1.54, 1.807) is 4.57 Å². The lowest BCUT2D eigenvalue weighted by molar-refractivity contribution is -0.166. The van der Waals surface area contributed by atoms with Crippen LogP contribution in [0.3, 0.4) is 0 Å². The van der Waals surface area contributed by atoms with Crippen LogP contribution >= 0.6 is 0 Å². The van der Waals surface area contributed by atoms with E-state index in [9.17, 15) is 9.90 Å². The van der Waals surface area contributed by atoms with Gasteiger partial charge in [-0.25, -0.2) is 9.97 Å². The monoisotopic (exact) mass is 842 g/mol. The van der Waals surface area contributed by atoms with Gasteiger partial charge in [0, 0.05) is 6.42 Å². The van der Waals surface area contributed by atoms with Crippen LogP contribution in [0.1, 0.15) is 45.2 Å². The third-order valence-corrected chi connectivity index (χ3v) is 12.3. The second-order valence-electron chi connectivity index (χ2n) is 16.0. The lowest BCUT2D eigenvalue weighted by Gasteiger charge is -2.43. The molecule has 64 heavy (non-hydrogen) atoms. The minimum Gasteiger partial charge on any atom is -0.386 e. The van der Waals surface area contributed by atoms with Crippen molar-refractivity contribution in [1.82, 2.24) is 19.5 Å². The summed E-state index contributed by atoms with van der Waals surface area (Å²) >= 11 is 0. The van der Waals surface area contributed by atoms with Gasteiger partial charge in [0.1, 0.15) is 29.5 Å². The zero-order valence-electron chi connectivity index (χ0n) is 34.9. The van der Waals surface area contributed by atoms with E-state index in [1.165, 1.54) is 12.7 Å². The van der Waals surface area contributed by atoms with Crippen molar-refractivity contribution in [2.75, 3.05) is 0 Å². The van der Waals surface area contributed by atoms with Gasteiger partial charge in [0.05, 0.1) is 18.8 Å². The molecule has 1 aliphatic rings. The number of benzene rings is 7. The van der Waals surface area contributed by atoms with Gasteiger partial charge in [0.15, 0.2) is 17.4 Å². The fourth-order valence-corrected chi connectivity index (χ4v) is 9.34. The van der Waals surface area contributed by atoms with Gasteiger partial charge in [-0.2, -0.15) is 0 Å². The van der Waals surface area contributed by atoms with Gasteiger partial charge in [0.2, 0.25) is 0 Å². The first kappa shape index (κ1) is 40.8. The summed E-state index contributed by atoms with van der Waals surface area (Å²) in [4.78, 5) is 24.6. The summed E-state index contributed by atoms with van der Waals surface area (Å²) in [6.45, 7) is 0.